The van der Waals surface area contributed by atoms with E-state index in [4.69, 9.17) is 9.50 Å². The monoisotopic (exact) mass is 564 g/mol. The highest BCUT2D eigenvalue weighted by Crippen LogP contribution is 2.58. The van der Waals surface area contributed by atoms with Gasteiger partial charge in [0.15, 0.2) is 0 Å². The summed E-state index contributed by atoms with van der Waals surface area (Å²) in [4.78, 5) is 0. The molecule has 0 atom stereocenters. The fourth-order valence-electron chi connectivity index (χ4n) is 4.14. The van der Waals surface area contributed by atoms with Crippen LogP contribution in [0.25, 0.3) is 0 Å². The molecular weight excluding hydrogens is 545 g/mol. The summed E-state index contributed by atoms with van der Waals surface area (Å²) in [6, 6.07) is 36.3. The molecule has 0 bridgehead atoms. The number of halogens is 2. The molecule has 0 spiro atoms. The van der Waals surface area contributed by atoms with Gasteiger partial charge in [0.25, 0.3) is 0 Å². The molecule has 32 heavy (non-hydrogen) atoms. The fraction of sp³-hybridized carbons (Fsp3) is 0.0741. The second-order valence-corrected chi connectivity index (χ2v) is 12.3. The fourth-order valence-corrected chi connectivity index (χ4v) is 9.10. The maximum atomic E-state index is 6.03. The zero-order valence-corrected chi connectivity index (χ0v) is 21.4. The number of ether oxygens (including phenoxy) is 1. The first-order valence-electron chi connectivity index (χ1n) is 10.5. The molecule has 158 valence electrons. The topological polar surface area (TPSA) is 21.6 Å². The Kier molecular flexibility index (Phi) is 6.28. The van der Waals surface area contributed by atoms with Crippen LogP contribution in [0, 0.1) is 0 Å². The minimum atomic E-state index is -2.31. The van der Waals surface area contributed by atoms with Crippen molar-refractivity contribution in [1.29, 1.82) is 0 Å². The normalized spacial score (nSPS) is 14.6. The number of hydrogen-bond donors (Lipinski definition) is 0. The van der Waals surface area contributed by atoms with Crippen molar-refractivity contribution in [1.82, 2.24) is 0 Å². The summed E-state index contributed by atoms with van der Waals surface area (Å²) in [5, 5.41) is 3.73. The highest BCUT2D eigenvalue weighted by atomic mass is 79.9. The van der Waals surface area contributed by atoms with Gasteiger partial charge in [-0.1, -0.05) is 70.5 Å². The van der Waals surface area contributed by atoms with E-state index in [2.05, 4.69) is 129 Å². The molecule has 5 rings (SSSR count). The summed E-state index contributed by atoms with van der Waals surface area (Å²) in [5.41, 5.74) is 2.13. The summed E-state index contributed by atoms with van der Waals surface area (Å²) < 4.78 is 13.7. The Morgan fingerprint density at radius 2 is 1.19 bits per heavy atom. The van der Waals surface area contributed by atoms with Gasteiger partial charge < -0.3 is 4.74 Å². The smallest absolute Gasteiger partial charge is 0.229 e. The minimum absolute atomic E-state index is 0.616. The molecule has 0 aromatic heterocycles. The third-order valence-corrected chi connectivity index (χ3v) is 10.3. The lowest BCUT2D eigenvalue weighted by molar-refractivity contribution is 0.318. The van der Waals surface area contributed by atoms with Gasteiger partial charge in [-0.15, -0.1) is 4.76 Å². The lowest BCUT2D eigenvalue weighted by Gasteiger charge is -2.26. The van der Waals surface area contributed by atoms with Crippen LogP contribution in [0.4, 0.5) is 0 Å². The molecule has 2 nitrogen and oxygen atoms in total. The van der Waals surface area contributed by atoms with Crippen LogP contribution in [0.15, 0.2) is 117 Å². The van der Waals surface area contributed by atoms with Crippen LogP contribution in [0.3, 0.4) is 0 Å². The van der Waals surface area contributed by atoms with E-state index in [0.717, 1.165) is 32.4 Å². The average Bonchev–Trinajstić information content (AvgIpc) is 2.84. The molecule has 0 saturated carbocycles. The Morgan fingerprint density at radius 3 is 1.69 bits per heavy atom. The minimum Gasteiger partial charge on any atom is -0.491 e. The first kappa shape index (κ1) is 21.6. The van der Waals surface area contributed by atoms with E-state index < -0.39 is 7.41 Å². The molecule has 0 aliphatic carbocycles. The van der Waals surface area contributed by atoms with Crippen molar-refractivity contribution in [2.24, 2.45) is 4.76 Å². The Morgan fingerprint density at radius 1 is 0.688 bits per heavy atom. The van der Waals surface area contributed by atoms with E-state index in [1.165, 1.54) is 15.9 Å². The molecular formula is C27H21Br2NOP+. The van der Waals surface area contributed by atoms with E-state index in [9.17, 15) is 0 Å². The number of hydrogen-bond acceptors (Lipinski definition) is 2. The summed E-state index contributed by atoms with van der Waals surface area (Å²) in [6.07, 6.45) is 0.768. The molecule has 4 aromatic carbocycles. The Bertz CT molecular complexity index is 1160. The van der Waals surface area contributed by atoms with Gasteiger partial charge in [-0.3, -0.25) is 0 Å². The Balaban J connectivity index is 1.85. The summed E-state index contributed by atoms with van der Waals surface area (Å²) in [7, 11) is -2.31. The van der Waals surface area contributed by atoms with Crippen molar-refractivity contribution < 1.29 is 4.74 Å². The van der Waals surface area contributed by atoms with Crippen LogP contribution in [0.1, 0.15) is 12.0 Å². The van der Waals surface area contributed by atoms with Gasteiger partial charge >= 0.3 is 0 Å². The van der Waals surface area contributed by atoms with Crippen LogP contribution in [0.2, 0.25) is 0 Å². The van der Waals surface area contributed by atoms with Crippen LogP contribution in [-0.2, 0) is 0 Å². The summed E-state index contributed by atoms with van der Waals surface area (Å²) >= 11 is 7.33. The van der Waals surface area contributed by atoms with Gasteiger partial charge in [0.2, 0.25) is 7.41 Å². The third kappa shape index (κ3) is 3.96. The van der Waals surface area contributed by atoms with E-state index >= 15 is 0 Å². The first-order chi connectivity index (χ1) is 15.7. The number of fused-ring (bicyclic) bond motifs is 1. The third-order valence-electron chi connectivity index (χ3n) is 5.56. The van der Waals surface area contributed by atoms with Gasteiger partial charge in [0.1, 0.15) is 21.7 Å². The number of rotatable bonds is 4. The van der Waals surface area contributed by atoms with Gasteiger partial charge in [0.05, 0.1) is 16.8 Å². The van der Waals surface area contributed by atoms with Crippen molar-refractivity contribution in [3.05, 3.63) is 118 Å². The number of nitrogens with zero attached hydrogens (tertiary/aromatic N) is 1. The highest BCUT2D eigenvalue weighted by molar-refractivity contribution is 9.11. The van der Waals surface area contributed by atoms with E-state index in [1.54, 1.807) is 0 Å². The van der Waals surface area contributed by atoms with Crippen molar-refractivity contribution in [3.8, 4) is 5.75 Å². The van der Waals surface area contributed by atoms with Gasteiger partial charge in [-0.25, -0.2) is 0 Å². The molecule has 0 radical (unpaired) electrons. The number of benzene rings is 4. The van der Waals surface area contributed by atoms with Crippen molar-refractivity contribution >= 4 is 60.9 Å². The Labute approximate surface area is 206 Å². The van der Waals surface area contributed by atoms with Crippen LogP contribution in [0.5, 0.6) is 5.75 Å². The molecule has 1 aliphatic rings. The van der Waals surface area contributed by atoms with Crippen molar-refractivity contribution in [2.45, 2.75) is 6.42 Å². The summed E-state index contributed by atoms with van der Waals surface area (Å²) in [5.74, 6) is 0.866. The van der Waals surface area contributed by atoms with E-state index in [1.807, 2.05) is 6.07 Å². The zero-order valence-electron chi connectivity index (χ0n) is 17.3. The lowest BCUT2D eigenvalue weighted by Crippen LogP contribution is -2.31. The average molecular weight is 566 g/mol. The molecule has 5 heteroatoms. The highest BCUT2D eigenvalue weighted by Gasteiger charge is 2.47. The summed E-state index contributed by atoms with van der Waals surface area (Å²) in [6.45, 7) is 0.616. The predicted octanol–water partition coefficient (Wildman–Crippen LogP) is 6.69. The molecule has 1 heterocycles. The molecule has 1 aliphatic heterocycles. The lowest BCUT2D eigenvalue weighted by atomic mass is 10.0. The predicted molar refractivity (Wildman–Crippen MR) is 144 cm³/mol. The second kappa shape index (κ2) is 9.31. The van der Waals surface area contributed by atoms with Crippen molar-refractivity contribution in [3.63, 3.8) is 0 Å². The van der Waals surface area contributed by atoms with Crippen LogP contribution < -0.4 is 20.7 Å². The zero-order chi connectivity index (χ0) is 22.0. The Hall–Kier alpha value is -2.26. The van der Waals surface area contributed by atoms with Gasteiger partial charge in [0, 0.05) is 16.5 Å². The van der Waals surface area contributed by atoms with E-state index in [0.29, 0.717) is 6.61 Å². The van der Waals surface area contributed by atoms with Gasteiger partial charge in [-0.05, 0) is 64.5 Å². The maximum Gasteiger partial charge on any atom is 0.229 e. The SMILES string of the molecule is Brc1cc(Br)c2c(c1)C(=N[P+](c1ccccc1)(c1ccccc1)c1ccccc1)CCO2. The standard InChI is InChI=1S/C27H21Br2NOP/c28-20-18-24-26(16-17-31-27(24)25(29)19-20)30-32(21-10-4-1-5-11-21,22-12-6-2-7-13-22)23-14-8-3-9-15-23/h1-15,18-19H,16-17H2/q+1. The van der Waals surface area contributed by atoms with Crippen molar-refractivity contribution in [2.75, 3.05) is 6.61 Å². The van der Waals surface area contributed by atoms with Gasteiger partial charge in [-0.2, -0.15) is 0 Å². The largest absolute Gasteiger partial charge is 0.491 e. The molecule has 4 aromatic rings. The second-order valence-electron chi connectivity index (χ2n) is 7.55. The van der Waals surface area contributed by atoms with Crippen LogP contribution >= 0.6 is 39.3 Å². The quantitative estimate of drug-likeness (QED) is 0.253. The van der Waals surface area contributed by atoms with Crippen LogP contribution in [-0.4, -0.2) is 12.3 Å². The molecule has 0 unspecified atom stereocenters. The molecule has 0 saturated heterocycles. The first-order valence-corrected chi connectivity index (χ1v) is 13.8. The maximum absolute atomic E-state index is 6.03. The molecule has 0 fully saturated rings. The molecule has 0 amide bonds. The van der Waals surface area contributed by atoms with E-state index in [-0.39, 0.29) is 0 Å². The molecule has 0 N–H and O–H groups in total.